The maximum Gasteiger partial charge on any atom is 0.408 e. The fraction of sp³-hybridized carbons (Fsp3) is 0.500. The molecule has 0 saturated carbocycles. The van der Waals surface area contributed by atoms with Crippen molar-refractivity contribution in [3.63, 3.8) is 0 Å². The van der Waals surface area contributed by atoms with Crippen LogP contribution in [0.3, 0.4) is 0 Å². The van der Waals surface area contributed by atoms with Gasteiger partial charge in [-0.25, -0.2) is 4.79 Å². The third-order valence-electron chi connectivity index (χ3n) is 5.18. The van der Waals surface area contributed by atoms with E-state index < -0.39 is 11.6 Å². The molecule has 1 atom stereocenters. The molecule has 122 valence electrons. The van der Waals surface area contributed by atoms with Gasteiger partial charge in [-0.3, -0.25) is 4.90 Å². The van der Waals surface area contributed by atoms with Crippen LogP contribution < -0.4 is 0 Å². The van der Waals surface area contributed by atoms with Gasteiger partial charge in [0, 0.05) is 36.9 Å². The smallest absolute Gasteiger partial charge is 0.408 e. The van der Waals surface area contributed by atoms with Gasteiger partial charge in [0.15, 0.2) is 0 Å². The highest BCUT2D eigenvalue weighted by Crippen LogP contribution is 2.49. The lowest BCUT2D eigenvalue weighted by atomic mass is 9.74. The van der Waals surface area contributed by atoms with Crippen LogP contribution in [-0.4, -0.2) is 34.9 Å². The van der Waals surface area contributed by atoms with Crippen molar-refractivity contribution < 1.29 is 19.1 Å². The van der Waals surface area contributed by atoms with E-state index in [0.29, 0.717) is 32.4 Å². The second kappa shape index (κ2) is 4.74. The summed E-state index contributed by atoms with van der Waals surface area (Å²) < 4.78 is 12.0. The predicted octanol–water partition coefficient (Wildman–Crippen LogP) is 3.75. The van der Waals surface area contributed by atoms with Crippen LogP contribution in [0.15, 0.2) is 28.7 Å². The number of rotatable bonds is 0. The van der Waals surface area contributed by atoms with E-state index in [1.807, 2.05) is 32.0 Å². The third kappa shape index (κ3) is 2.06. The topological polar surface area (TPSA) is 62.9 Å². The lowest BCUT2D eigenvalue weighted by Gasteiger charge is -2.50. The summed E-state index contributed by atoms with van der Waals surface area (Å²) in [4.78, 5) is 13.5. The summed E-state index contributed by atoms with van der Waals surface area (Å²) >= 11 is 0. The van der Waals surface area contributed by atoms with E-state index in [9.17, 15) is 9.90 Å². The Morgan fingerprint density at radius 3 is 2.83 bits per heavy atom. The van der Waals surface area contributed by atoms with Crippen molar-refractivity contribution in [2.75, 3.05) is 13.2 Å². The maximum absolute atomic E-state index is 11.9. The summed E-state index contributed by atoms with van der Waals surface area (Å²) in [6.07, 6.45) is 1.06. The minimum absolute atomic E-state index is 0.375. The number of para-hydroxylation sites is 1. The molecule has 23 heavy (non-hydrogen) atoms. The summed E-state index contributed by atoms with van der Waals surface area (Å²) in [5.41, 5.74) is 1.00. The lowest BCUT2D eigenvalue weighted by molar-refractivity contribution is -0.125. The average molecular weight is 315 g/mol. The first-order chi connectivity index (χ1) is 10.9. The Balaban J connectivity index is 1.95. The van der Waals surface area contributed by atoms with Crippen LogP contribution in [0.25, 0.3) is 11.0 Å². The number of furan rings is 1. The van der Waals surface area contributed by atoms with Crippen LogP contribution in [0.5, 0.6) is 0 Å². The number of carbonyl (C=O) groups is 1. The minimum Gasteiger partial charge on any atom is -0.465 e. The van der Waals surface area contributed by atoms with Crippen LogP contribution >= 0.6 is 0 Å². The Labute approximate surface area is 134 Å². The molecule has 1 spiro atoms. The van der Waals surface area contributed by atoms with E-state index in [1.54, 1.807) is 4.90 Å². The molecule has 1 aromatic heterocycles. The molecule has 1 N–H and O–H groups in total. The van der Waals surface area contributed by atoms with E-state index in [-0.39, 0.29) is 5.60 Å². The van der Waals surface area contributed by atoms with Gasteiger partial charge in [-0.2, -0.15) is 0 Å². The molecule has 0 radical (unpaired) electrons. The van der Waals surface area contributed by atoms with Crippen LogP contribution in [0.2, 0.25) is 0 Å². The van der Waals surface area contributed by atoms with Crippen LogP contribution in [0.1, 0.15) is 38.0 Å². The number of hydrogen-bond acceptors (Lipinski definition) is 3. The minimum atomic E-state index is -0.881. The molecule has 0 aliphatic carbocycles. The first-order valence-corrected chi connectivity index (χ1v) is 8.08. The number of amides is 1. The monoisotopic (exact) mass is 315 g/mol. The molecule has 1 saturated heterocycles. The number of hydrogen-bond donors (Lipinski definition) is 1. The van der Waals surface area contributed by atoms with Gasteiger partial charge in [-0.1, -0.05) is 18.2 Å². The molecule has 2 aromatic rings. The highest BCUT2D eigenvalue weighted by atomic mass is 16.5. The van der Waals surface area contributed by atoms with Gasteiger partial charge in [0.1, 0.15) is 16.9 Å². The SMILES string of the molecule is CC1(C)CC2(CCO1)c1oc3ccccc3c1CCN2C(=O)O. The quantitative estimate of drug-likeness (QED) is 0.804. The van der Waals surface area contributed by atoms with E-state index >= 15 is 0 Å². The Kier molecular flexibility index (Phi) is 3.00. The fourth-order valence-corrected chi connectivity index (χ4v) is 4.33. The van der Waals surface area contributed by atoms with Gasteiger partial charge >= 0.3 is 6.09 Å². The second-order valence-electron chi connectivity index (χ2n) is 7.16. The zero-order valence-corrected chi connectivity index (χ0v) is 13.5. The predicted molar refractivity (Wildman–Crippen MR) is 85.6 cm³/mol. The van der Waals surface area contributed by atoms with E-state index in [4.69, 9.17) is 9.15 Å². The number of benzene rings is 1. The van der Waals surface area contributed by atoms with E-state index in [2.05, 4.69) is 6.07 Å². The van der Waals surface area contributed by atoms with Gasteiger partial charge in [-0.15, -0.1) is 0 Å². The summed E-state index contributed by atoms with van der Waals surface area (Å²) in [6, 6.07) is 7.97. The van der Waals surface area contributed by atoms with Crippen LogP contribution in [-0.2, 0) is 16.7 Å². The number of carboxylic acid groups (broad SMARTS) is 1. The van der Waals surface area contributed by atoms with Crippen molar-refractivity contribution in [2.24, 2.45) is 0 Å². The summed E-state index contributed by atoms with van der Waals surface area (Å²) in [5, 5.41) is 10.9. The highest BCUT2D eigenvalue weighted by Gasteiger charge is 2.53. The Morgan fingerprint density at radius 2 is 2.09 bits per heavy atom. The molecular weight excluding hydrogens is 294 g/mol. The zero-order chi connectivity index (χ0) is 16.2. The summed E-state index contributed by atoms with van der Waals surface area (Å²) in [7, 11) is 0. The summed E-state index contributed by atoms with van der Waals surface area (Å²) in [6.45, 7) is 5.07. The first kappa shape index (κ1) is 14.6. The number of nitrogens with zero attached hydrogens (tertiary/aromatic N) is 1. The molecule has 1 amide bonds. The van der Waals surface area contributed by atoms with Crippen molar-refractivity contribution in [2.45, 2.75) is 44.2 Å². The van der Waals surface area contributed by atoms with Crippen molar-refractivity contribution in [1.29, 1.82) is 0 Å². The van der Waals surface area contributed by atoms with Crippen LogP contribution in [0, 0.1) is 0 Å². The van der Waals surface area contributed by atoms with Crippen LogP contribution in [0.4, 0.5) is 4.79 Å². The maximum atomic E-state index is 11.9. The van der Waals surface area contributed by atoms with Gasteiger partial charge in [0.2, 0.25) is 0 Å². The van der Waals surface area contributed by atoms with Gasteiger partial charge in [0.25, 0.3) is 0 Å². The lowest BCUT2D eigenvalue weighted by Crippen LogP contribution is -2.58. The largest absolute Gasteiger partial charge is 0.465 e. The zero-order valence-electron chi connectivity index (χ0n) is 13.5. The fourth-order valence-electron chi connectivity index (χ4n) is 4.33. The van der Waals surface area contributed by atoms with Gasteiger partial charge in [-0.05, 0) is 26.3 Å². The summed E-state index contributed by atoms with van der Waals surface area (Å²) in [5.74, 6) is 0.823. The molecule has 1 unspecified atom stereocenters. The number of ether oxygens (including phenoxy) is 1. The Bertz CT molecular complexity index is 778. The molecule has 1 aromatic carbocycles. The molecule has 3 heterocycles. The van der Waals surface area contributed by atoms with Gasteiger partial charge in [0.05, 0.1) is 5.60 Å². The molecule has 0 bridgehead atoms. The first-order valence-electron chi connectivity index (χ1n) is 8.08. The van der Waals surface area contributed by atoms with E-state index in [1.165, 1.54) is 0 Å². The molecule has 5 heteroatoms. The molecule has 1 fully saturated rings. The van der Waals surface area contributed by atoms with Gasteiger partial charge < -0.3 is 14.3 Å². The van der Waals surface area contributed by atoms with Crippen molar-refractivity contribution in [3.05, 3.63) is 35.6 Å². The third-order valence-corrected chi connectivity index (χ3v) is 5.18. The molecule has 2 aliphatic rings. The number of fused-ring (bicyclic) bond motifs is 4. The van der Waals surface area contributed by atoms with Crippen molar-refractivity contribution in [1.82, 2.24) is 4.90 Å². The molecule has 4 rings (SSSR count). The Hall–Kier alpha value is -2.01. The normalized spacial score (nSPS) is 26.4. The molecule has 2 aliphatic heterocycles. The highest BCUT2D eigenvalue weighted by molar-refractivity contribution is 5.83. The second-order valence-corrected chi connectivity index (χ2v) is 7.16. The standard InChI is InChI=1S/C18H21NO4/c1-17(2)11-18(8-10-22-17)15-13(7-9-19(18)16(20)21)12-5-3-4-6-14(12)23-15/h3-6H,7-11H2,1-2H3,(H,20,21). The van der Waals surface area contributed by atoms with E-state index in [0.717, 1.165) is 22.3 Å². The van der Waals surface area contributed by atoms with Crippen molar-refractivity contribution in [3.8, 4) is 0 Å². The Morgan fingerprint density at radius 1 is 1.30 bits per heavy atom. The molecular formula is C18H21NO4. The van der Waals surface area contributed by atoms with Crippen molar-refractivity contribution >= 4 is 17.1 Å². The molecule has 5 nitrogen and oxygen atoms in total. The average Bonchev–Trinajstić information content (AvgIpc) is 2.86.